The first-order valence-electron chi connectivity index (χ1n) is 7.87. The Hall–Kier alpha value is -2.66. The molecular formula is C19H17FNO3+. The van der Waals surface area contributed by atoms with Gasteiger partial charge < -0.3 is 9.15 Å². The van der Waals surface area contributed by atoms with E-state index in [9.17, 15) is 9.18 Å². The number of aryl methyl sites for hydroxylation is 1. The maximum atomic E-state index is 13.0. The Kier molecular flexibility index (Phi) is 3.58. The number of ether oxygens (including phenoxy) is 1. The van der Waals surface area contributed by atoms with Gasteiger partial charge in [-0.3, -0.25) is 4.90 Å². The monoisotopic (exact) mass is 326 g/mol. The molecule has 2 aromatic carbocycles. The Morgan fingerprint density at radius 3 is 2.75 bits per heavy atom. The molecule has 0 bridgehead atoms. The minimum absolute atomic E-state index is 0.239. The first kappa shape index (κ1) is 14.9. The van der Waals surface area contributed by atoms with E-state index in [2.05, 4.69) is 0 Å². The molecule has 0 saturated carbocycles. The zero-order valence-corrected chi connectivity index (χ0v) is 13.3. The second kappa shape index (κ2) is 5.76. The van der Waals surface area contributed by atoms with Crippen LogP contribution in [0.15, 0.2) is 51.7 Å². The normalized spacial score (nSPS) is 16.7. The van der Waals surface area contributed by atoms with Gasteiger partial charge in [-0.1, -0.05) is 12.1 Å². The van der Waals surface area contributed by atoms with Crippen LogP contribution in [-0.2, 0) is 13.1 Å². The van der Waals surface area contributed by atoms with E-state index in [1.807, 2.05) is 19.1 Å². The summed E-state index contributed by atoms with van der Waals surface area (Å²) >= 11 is 0. The summed E-state index contributed by atoms with van der Waals surface area (Å²) in [5.74, 6) is 0.524. The average Bonchev–Trinajstić information content (AvgIpc) is 2.57. The Labute approximate surface area is 138 Å². The number of nitrogens with one attached hydrogen (secondary N) is 1. The summed E-state index contributed by atoms with van der Waals surface area (Å²) in [4.78, 5) is 12.9. The van der Waals surface area contributed by atoms with Crippen LogP contribution in [-0.4, -0.2) is 6.73 Å². The summed E-state index contributed by atoms with van der Waals surface area (Å²) in [6.07, 6.45) is 0. The average molecular weight is 326 g/mol. The van der Waals surface area contributed by atoms with Crippen LogP contribution in [0.1, 0.15) is 16.7 Å². The van der Waals surface area contributed by atoms with Crippen molar-refractivity contribution in [2.24, 2.45) is 0 Å². The first-order valence-corrected chi connectivity index (χ1v) is 7.87. The molecular weight excluding hydrogens is 309 g/mol. The number of benzene rings is 2. The smallest absolute Gasteiger partial charge is 0.336 e. The van der Waals surface area contributed by atoms with Crippen molar-refractivity contribution >= 4 is 11.0 Å². The van der Waals surface area contributed by atoms with Crippen LogP contribution >= 0.6 is 0 Å². The third-order valence-corrected chi connectivity index (χ3v) is 4.41. The predicted octanol–water partition coefficient (Wildman–Crippen LogP) is 2.18. The van der Waals surface area contributed by atoms with Gasteiger partial charge in [-0.05, 0) is 36.8 Å². The summed E-state index contributed by atoms with van der Waals surface area (Å²) in [5.41, 5.74) is 3.11. The predicted molar refractivity (Wildman–Crippen MR) is 87.5 cm³/mol. The first-order chi connectivity index (χ1) is 11.6. The molecule has 0 amide bonds. The van der Waals surface area contributed by atoms with E-state index < -0.39 is 0 Å². The van der Waals surface area contributed by atoms with E-state index in [4.69, 9.17) is 9.15 Å². The molecule has 24 heavy (non-hydrogen) atoms. The Bertz CT molecular complexity index is 963. The van der Waals surface area contributed by atoms with E-state index in [1.54, 1.807) is 12.1 Å². The van der Waals surface area contributed by atoms with E-state index in [0.717, 1.165) is 27.8 Å². The van der Waals surface area contributed by atoms with Crippen molar-refractivity contribution in [1.82, 2.24) is 0 Å². The van der Waals surface area contributed by atoms with Gasteiger partial charge in [0.2, 0.25) is 6.73 Å². The molecule has 5 heteroatoms. The van der Waals surface area contributed by atoms with Gasteiger partial charge in [0.1, 0.15) is 24.7 Å². The maximum Gasteiger partial charge on any atom is 0.336 e. The fourth-order valence-corrected chi connectivity index (χ4v) is 3.21. The van der Waals surface area contributed by atoms with Crippen molar-refractivity contribution in [1.29, 1.82) is 0 Å². The highest BCUT2D eigenvalue weighted by Gasteiger charge is 2.24. The van der Waals surface area contributed by atoms with E-state index in [0.29, 0.717) is 25.4 Å². The molecule has 1 aromatic heterocycles. The second-order valence-electron chi connectivity index (χ2n) is 6.19. The number of hydrogen-bond acceptors (Lipinski definition) is 3. The van der Waals surface area contributed by atoms with Crippen LogP contribution in [0.3, 0.4) is 0 Å². The Balaban J connectivity index is 1.69. The number of halogens is 1. The Morgan fingerprint density at radius 1 is 1.17 bits per heavy atom. The minimum Gasteiger partial charge on any atom is -0.445 e. The lowest BCUT2D eigenvalue weighted by molar-refractivity contribution is -0.945. The number of quaternary nitrogens is 1. The van der Waals surface area contributed by atoms with Gasteiger partial charge in [-0.15, -0.1) is 0 Å². The molecule has 0 spiro atoms. The van der Waals surface area contributed by atoms with Crippen molar-refractivity contribution in [3.8, 4) is 5.75 Å². The van der Waals surface area contributed by atoms with Gasteiger partial charge in [0.05, 0.1) is 5.56 Å². The molecule has 0 radical (unpaired) electrons. The molecule has 3 aromatic rings. The topological polar surface area (TPSA) is 43.9 Å². The summed E-state index contributed by atoms with van der Waals surface area (Å²) in [5, 5.41) is 0.931. The van der Waals surface area contributed by atoms with E-state index >= 15 is 0 Å². The zero-order chi connectivity index (χ0) is 16.7. The molecule has 122 valence electrons. The lowest BCUT2D eigenvalue weighted by Gasteiger charge is -2.26. The van der Waals surface area contributed by atoms with E-state index in [1.165, 1.54) is 23.1 Å². The molecule has 1 aliphatic heterocycles. The number of fused-ring (bicyclic) bond motifs is 3. The van der Waals surface area contributed by atoms with E-state index in [-0.39, 0.29) is 11.4 Å². The number of rotatable bonds is 2. The highest BCUT2D eigenvalue weighted by atomic mass is 19.1. The fourth-order valence-electron chi connectivity index (χ4n) is 3.21. The molecule has 0 saturated heterocycles. The minimum atomic E-state index is -0.348. The van der Waals surface area contributed by atoms with Gasteiger partial charge in [0.15, 0.2) is 5.58 Å². The van der Waals surface area contributed by atoms with Crippen molar-refractivity contribution in [3.05, 3.63) is 75.4 Å². The van der Waals surface area contributed by atoms with Crippen molar-refractivity contribution in [2.75, 3.05) is 6.73 Å². The van der Waals surface area contributed by atoms with Gasteiger partial charge in [-0.25, -0.2) is 9.18 Å². The van der Waals surface area contributed by atoms with Crippen LogP contribution in [0, 0.1) is 12.7 Å². The SMILES string of the molecule is Cc1cc(=O)oc2c3c(ccc12)OC[NH+](Cc1ccc(F)cc1)C3. The van der Waals surface area contributed by atoms with Crippen LogP contribution in [0.5, 0.6) is 5.75 Å². The quantitative estimate of drug-likeness (QED) is 0.734. The highest BCUT2D eigenvalue weighted by molar-refractivity contribution is 5.84. The second-order valence-corrected chi connectivity index (χ2v) is 6.19. The van der Waals surface area contributed by atoms with Crippen molar-refractivity contribution in [2.45, 2.75) is 20.0 Å². The molecule has 2 heterocycles. The molecule has 4 rings (SSSR count). The van der Waals surface area contributed by atoms with Gasteiger partial charge >= 0.3 is 5.63 Å². The highest BCUT2D eigenvalue weighted by Crippen LogP contribution is 2.29. The van der Waals surface area contributed by atoms with Gasteiger partial charge in [0, 0.05) is 17.0 Å². The largest absolute Gasteiger partial charge is 0.445 e. The molecule has 1 atom stereocenters. The zero-order valence-electron chi connectivity index (χ0n) is 13.3. The van der Waals surface area contributed by atoms with Crippen LogP contribution in [0.4, 0.5) is 4.39 Å². The van der Waals surface area contributed by atoms with Gasteiger partial charge in [0.25, 0.3) is 0 Å². The molecule has 0 fully saturated rings. The van der Waals surface area contributed by atoms with Crippen LogP contribution in [0.2, 0.25) is 0 Å². The van der Waals surface area contributed by atoms with Crippen LogP contribution < -0.4 is 15.3 Å². The molecule has 0 aliphatic carbocycles. The third kappa shape index (κ3) is 2.67. The third-order valence-electron chi connectivity index (χ3n) is 4.41. The fraction of sp³-hybridized carbons (Fsp3) is 0.211. The summed E-state index contributed by atoms with van der Waals surface area (Å²) in [7, 11) is 0. The summed E-state index contributed by atoms with van der Waals surface area (Å²) in [6.45, 7) is 3.83. The molecule has 1 N–H and O–H groups in total. The summed E-state index contributed by atoms with van der Waals surface area (Å²) in [6, 6.07) is 11.9. The van der Waals surface area contributed by atoms with Crippen LogP contribution in [0.25, 0.3) is 11.0 Å². The lowest BCUT2D eigenvalue weighted by atomic mass is 10.0. The van der Waals surface area contributed by atoms with Crippen molar-refractivity contribution < 1.29 is 18.4 Å². The summed E-state index contributed by atoms with van der Waals surface area (Å²) < 4.78 is 24.3. The molecule has 4 nitrogen and oxygen atoms in total. The lowest BCUT2D eigenvalue weighted by Crippen LogP contribution is -3.10. The standard InChI is InChI=1S/C19H16FNO3/c1-12-8-18(22)24-19-15(12)6-7-17-16(19)10-21(11-23-17)9-13-2-4-14(20)5-3-13/h2-8H,9-11H2,1H3/p+1. The van der Waals surface area contributed by atoms with Crippen molar-refractivity contribution in [3.63, 3.8) is 0 Å². The Morgan fingerprint density at radius 2 is 1.96 bits per heavy atom. The molecule has 1 unspecified atom stereocenters. The maximum absolute atomic E-state index is 13.0. The molecule has 1 aliphatic rings. The number of hydrogen-bond donors (Lipinski definition) is 1. The van der Waals surface area contributed by atoms with Gasteiger partial charge in [-0.2, -0.15) is 0 Å².